The standard InChI is InChI=1S/C20H23I2N3O3.Co/c1-19(2,3)10-8-27-17(23-10)14-12(21)16(26-7)13(22)15(25-14)18-24-11(9-28-18)20(4,5)6;/h8-9H,1-7H3;. The van der Waals surface area contributed by atoms with E-state index in [2.05, 4.69) is 96.7 Å². The molecule has 0 bridgehead atoms. The zero-order chi connectivity index (χ0) is 20.9. The Balaban J connectivity index is 0.00000300. The molecule has 0 aromatic carbocycles. The van der Waals surface area contributed by atoms with Gasteiger partial charge in [0.05, 0.1) is 25.6 Å². The quantitative estimate of drug-likeness (QED) is 0.310. The van der Waals surface area contributed by atoms with Crippen LogP contribution in [0, 0.1) is 7.14 Å². The van der Waals surface area contributed by atoms with Crippen molar-refractivity contribution in [3.8, 4) is 28.9 Å². The number of nitrogens with zero attached hydrogens (tertiary/aromatic N) is 3. The van der Waals surface area contributed by atoms with Crippen molar-refractivity contribution in [3.63, 3.8) is 0 Å². The summed E-state index contributed by atoms with van der Waals surface area (Å²) < 4.78 is 18.8. The van der Waals surface area contributed by atoms with Gasteiger partial charge in [-0.15, -0.1) is 0 Å². The van der Waals surface area contributed by atoms with Crippen molar-refractivity contribution in [3.05, 3.63) is 31.1 Å². The Labute approximate surface area is 208 Å². The number of methoxy groups -OCH3 is 1. The summed E-state index contributed by atoms with van der Waals surface area (Å²) in [4.78, 5) is 14.1. The number of hydrogen-bond acceptors (Lipinski definition) is 6. The molecule has 6 nitrogen and oxygen atoms in total. The van der Waals surface area contributed by atoms with Gasteiger partial charge in [0.2, 0.25) is 11.8 Å². The molecule has 0 aliphatic carbocycles. The van der Waals surface area contributed by atoms with E-state index in [4.69, 9.17) is 18.6 Å². The van der Waals surface area contributed by atoms with Crippen LogP contribution in [0.3, 0.4) is 0 Å². The van der Waals surface area contributed by atoms with Gasteiger partial charge in [0.1, 0.15) is 29.7 Å². The first-order chi connectivity index (χ1) is 12.9. The number of ether oxygens (including phenoxy) is 1. The summed E-state index contributed by atoms with van der Waals surface area (Å²) in [6.07, 6.45) is 3.36. The van der Waals surface area contributed by atoms with E-state index in [1.165, 1.54) is 0 Å². The van der Waals surface area contributed by atoms with Gasteiger partial charge < -0.3 is 13.6 Å². The first kappa shape index (κ1) is 24.6. The summed E-state index contributed by atoms with van der Waals surface area (Å²) in [7, 11) is 1.64. The second-order valence-corrected chi connectivity index (χ2v) is 10.7. The number of oxazole rings is 2. The Bertz CT molecular complexity index is 941. The third-order valence-corrected chi connectivity index (χ3v) is 6.19. The van der Waals surface area contributed by atoms with Crippen LogP contribution in [-0.4, -0.2) is 22.1 Å². The van der Waals surface area contributed by atoms with Crippen molar-refractivity contribution < 1.29 is 30.3 Å². The van der Waals surface area contributed by atoms with Crippen molar-refractivity contribution in [1.29, 1.82) is 0 Å². The molecule has 29 heavy (non-hydrogen) atoms. The molecule has 3 aromatic rings. The van der Waals surface area contributed by atoms with E-state index in [0.29, 0.717) is 28.9 Å². The molecular formula is C20H23CoI2N3O3. The minimum Gasteiger partial charge on any atom is -0.494 e. The van der Waals surface area contributed by atoms with Crippen LogP contribution in [0.15, 0.2) is 21.4 Å². The second-order valence-electron chi connectivity index (χ2n) is 8.55. The largest absolute Gasteiger partial charge is 0.494 e. The van der Waals surface area contributed by atoms with Crippen LogP contribution >= 0.6 is 45.2 Å². The predicted octanol–water partition coefficient (Wildman–Crippen LogP) is 6.20. The van der Waals surface area contributed by atoms with E-state index in [-0.39, 0.29) is 27.6 Å². The normalized spacial score (nSPS) is 12.0. The molecule has 3 aromatic heterocycles. The van der Waals surface area contributed by atoms with Crippen molar-refractivity contribution in [2.75, 3.05) is 7.11 Å². The molecule has 3 rings (SSSR count). The van der Waals surface area contributed by atoms with E-state index in [1.807, 2.05) is 0 Å². The Morgan fingerprint density at radius 1 is 0.759 bits per heavy atom. The van der Waals surface area contributed by atoms with Crippen LogP contribution < -0.4 is 4.74 Å². The third kappa shape index (κ3) is 4.98. The van der Waals surface area contributed by atoms with E-state index < -0.39 is 0 Å². The molecule has 0 aliphatic heterocycles. The van der Waals surface area contributed by atoms with Crippen molar-refractivity contribution in [1.82, 2.24) is 15.0 Å². The van der Waals surface area contributed by atoms with Gasteiger partial charge in [-0.2, -0.15) is 0 Å². The fourth-order valence-corrected chi connectivity index (χ4v) is 4.64. The molecule has 159 valence electrons. The number of hydrogen-bond donors (Lipinski definition) is 0. The SMILES string of the molecule is COc1c(I)c(-c2nc(C(C)(C)C)co2)nc(-c2nc(C(C)(C)C)co2)c1I.[Co]. The molecule has 0 atom stereocenters. The van der Waals surface area contributed by atoms with Crippen LogP contribution in [-0.2, 0) is 27.6 Å². The average molecular weight is 666 g/mol. The zero-order valence-electron chi connectivity index (χ0n) is 17.3. The molecule has 0 N–H and O–H groups in total. The number of pyridine rings is 1. The van der Waals surface area contributed by atoms with E-state index in [0.717, 1.165) is 18.5 Å². The molecule has 3 heterocycles. The van der Waals surface area contributed by atoms with Crippen LogP contribution in [0.25, 0.3) is 23.2 Å². The van der Waals surface area contributed by atoms with Gasteiger partial charge in [-0.05, 0) is 45.2 Å². The van der Waals surface area contributed by atoms with Gasteiger partial charge in [0.25, 0.3) is 0 Å². The van der Waals surface area contributed by atoms with Gasteiger partial charge in [-0.3, -0.25) is 0 Å². The van der Waals surface area contributed by atoms with Gasteiger partial charge in [-0.1, -0.05) is 41.5 Å². The maximum Gasteiger partial charge on any atom is 0.246 e. The molecule has 0 spiro atoms. The molecule has 0 amide bonds. The van der Waals surface area contributed by atoms with Gasteiger partial charge in [0.15, 0.2) is 0 Å². The van der Waals surface area contributed by atoms with Crippen molar-refractivity contribution in [2.45, 2.75) is 52.4 Å². The second kappa shape index (κ2) is 8.83. The number of halogens is 2. The molecule has 9 heteroatoms. The van der Waals surface area contributed by atoms with Crippen LogP contribution in [0.2, 0.25) is 0 Å². The summed E-state index contributed by atoms with van der Waals surface area (Å²) in [5.41, 5.74) is 2.72. The fourth-order valence-electron chi connectivity index (χ4n) is 2.44. The maximum atomic E-state index is 5.76. The minimum absolute atomic E-state index is 0. The zero-order valence-corrected chi connectivity index (χ0v) is 22.7. The summed E-state index contributed by atoms with van der Waals surface area (Å²) in [5.74, 6) is 1.60. The van der Waals surface area contributed by atoms with E-state index >= 15 is 0 Å². The smallest absolute Gasteiger partial charge is 0.246 e. The van der Waals surface area contributed by atoms with Crippen molar-refractivity contribution >= 4 is 45.2 Å². The Hall–Kier alpha value is -0.664. The Morgan fingerprint density at radius 3 is 1.41 bits per heavy atom. The Kier molecular flexibility index (Phi) is 7.49. The summed E-state index contributed by atoms with van der Waals surface area (Å²) in [5, 5.41) is 0. The van der Waals surface area contributed by atoms with Gasteiger partial charge in [-0.25, -0.2) is 15.0 Å². The molecule has 0 aliphatic rings. The van der Waals surface area contributed by atoms with Gasteiger partial charge >= 0.3 is 0 Å². The molecular weight excluding hydrogens is 643 g/mol. The van der Waals surface area contributed by atoms with E-state index in [1.54, 1.807) is 19.6 Å². The van der Waals surface area contributed by atoms with E-state index in [9.17, 15) is 0 Å². The molecule has 1 radical (unpaired) electrons. The number of rotatable bonds is 3. The summed E-state index contributed by atoms with van der Waals surface area (Å²) in [6, 6.07) is 0. The molecule has 0 unspecified atom stereocenters. The first-order valence-corrected chi connectivity index (χ1v) is 10.9. The third-order valence-electron chi connectivity index (χ3n) is 4.19. The molecule has 0 fully saturated rings. The molecule has 0 saturated carbocycles. The summed E-state index contributed by atoms with van der Waals surface area (Å²) in [6.45, 7) is 12.5. The van der Waals surface area contributed by atoms with Gasteiger partial charge in [0, 0.05) is 27.6 Å². The van der Waals surface area contributed by atoms with Crippen molar-refractivity contribution in [2.24, 2.45) is 0 Å². The topological polar surface area (TPSA) is 74.2 Å². The van der Waals surface area contributed by atoms with Crippen LogP contribution in [0.4, 0.5) is 0 Å². The van der Waals surface area contributed by atoms with Crippen LogP contribution in [0.5, 0.6) is 5.75 Å². The average Bonchev–Trinajstić information content (AvgIpc) is 3.24. The van der Waals surface area contributed by atoms with Crippen LogP contribution in [0.1, 0.15) is 52.9 Å². The minimum atomic E-state index is -0.118. The maximum absolute atomic E-state index is 5.76. The monoisotopic (exact) mass is 666 g/mol. The predicted molar refractivity (Wildman–Crippen MR) is 125 cm³/mol. The summed E-state index contributed by atoms with van der Waals surface area (Å²) >= 11 is 4.42. The molecule has 0 saturated heterocycles. The fraction of sp³-hybridized carbons (Fsp3) is 0.450. The number of aromatic nitrogens is 3. The first-order valence-electron chi connectivity index (χ1n) is 8.79. The Morgan fingerprint density at radius 2 is 1.14 bits per heavy atom.